The summed E-state index contributed by atoms with van der Waals surface area (Å²) in [6.45, 7) is 1.97. The third-order valence-electron chi connectivity index (χ3n) is 11.2. The van der Waals surface area contributed by atoms with Gasteiger partial charge in [-0.15, -0.1) is 0 Å². The fourth-order valence-electron chi connectivity index (χ4n) is 7.42. The van der Waals surface area contributed by atoms with Crippen LogP contribution in [0.3, 0.4) is 0 Å². The predicted molar refractivity (Wildman–Crippen MR) is 233 cm³/mol. The van der Waals surface area contributed by atoms with Gasteiger partial charge in [0.25, 0.3) is 23.8 Å². The number of likely N-dealkylation sites (N-methyl/N-ethyl adjacent to an activating group) is 1. The van der Waals surface area contributed by atoms with Crippen molar-refractivity contribution in [2.24, 2.45) is 0 Å². The maximum Gasteiger partial charge on any atom is 0.298 e. The van der Waals surface area contributed by atoms with Crippen LogP contribution in [0.25, 0.3) is 22.2 Å². The Morgan fingerprint density at radius 3 is 1.55 bits per heavy atom. The van der Waals surface area contributed by atoms with Crippen molar-refractivity contribution in [2.45, 2.75) is 45.0 Å². The number of nitrogens with zero attached hydrogens (tertiary/aromatic N) is 3. The molecule has 0 saturated carbocycles. The van der Waals surface area contributed by atoms with E-state index in [1.807, 2.05) is 60.5 Å². The molecule has 4 heterocycles. The zero-order chi connectivity index (χ0) is 46.1. The van der Waals surface area contributed by atoms with E-state index in [9.17, 15) is 26.4 Å². The number of aromatic nitrogens is 2. The SMILES string of the molecule is CN(CCOc1ccc(S(=O)(=O)C2(C(=O)NO)CCOCC2)cc1)c1nc2ccccc2o1.O=C(NO)C1(S(=O)(=O)c2ccc(OCCNc3nc4ccccc4o3)cc2)CCOCC1. The summed E-state index contributed by atoms with van der Waals surface area (Å²) in [5.74, 6) is -0.955. The van der Waals surface area contributed by atoms with Gasteiger partial charge in [-0.3, -0.25) is 20.0 Å². The fraction of sp³-hybridized carbons (Fsp3) is 0.349. The van der Waals surface area contributed by atoms with E-state index in [1.165, 1.54) is 59.5 Å². The number of ether oxygens (including phenoxy) is 4. The Morgan fingerprint density at radius 2 is 1.09 bits per heavy atom. The predicted octanol–water partition coefficient (Wildman–Crippen LogP) is 4.32. The van der Waals surface area contributed by atoms with E-state index in [0.29, 0.717) is 61.0 Å². The minimum Gasteiger partial charge on any atom is -0.492 e. The molecule has 346 valence electrons. The molecule has 5 N–H and O–H groups in total. The lowest BCUT2D eigenvalue weighted by Gasteiger charge is -2.34. The number of carbonyl (C=O) groups excluding carboxylic acids is 2. The first-order valence-electron chi connectivity index (χ1n) is 20.5. The highest BCUT2D eigenvalue weighted by atomic mass is 32.2. The molecule has 4 aromatic carbocycles. The average Bonchev–Trinajstić information content (AvgIpc) is 3.98. The molecule has 2 saturated heterocycles. The molecule has 0 bridgehead atoms. The van der Waals surface area contributed by atoms with Gasteiger partial charge in [-0.05, 0) is 98.5 Å². The lowest BCUT2D eigenvalue weighted by atomic mass is 9.98. The monoisotopic (exact) mass is 936 g/mol. The minimum absolute atomic E-state index is 0.0241. The Labute approximate surface area is 373 Å². The number of sulfone groups is 2. The standard InChI is InChI=1S/C22H25N3O7S.C21H23N3O7S/c1-25(21-23-18-4-2-3-5-19(18)32-21)12-15-31-16-6-8-17(9-7-16)33(28,29)22(20(26)24-27)10-13-30-14-11-22;25-19(24-26)21(9-12-29-13-10-21)32(27,28)16-7-5-15(6-8-16)30-14-11-22-20-23-17-3-1-2-4-18(17)31-20/h2-9,27H,10-15H2,1H3,(H,24,26);1-8,26H,9-14H2,(H,22,23)(H,24,25). The van der Waals surface area contributed by atoms with Crippen LogP contribution < -0.4 is 30.7 Å². The molecule has 2 aliphatic heterocycles. The molecule has 0 spiro atoms. The molecule has 20 nitrogen and oxygen atoms in total. The minimum atomic E-state index is -4.07. The number of rotatable bonds is 16. The maximum absolute atomic E-state index is 13.3. The van der Waals surface area contributed by atoms with Crippen molar-refractivity contribution in [3.05, 3.63) is 97.1 Å². The van der Waals surface area contributed by atoms with E-state index in [2.05, 4.69) is 15.3 Å². The second-order valence-electron chi connectivity index (χ2n) is 15.0. The molecule has 0 aliphatic carbocycles. The van der Waals surface area contributed by atoms with Crippen LogP contribution in [0.5, 0.6) is 11.5 Å². The quantitative estimate of drug-likeness (QED) is 0.0514. The summed E-state index contributed by atoms with van der Waals surface area (Å²) in [5, 5.41) is 21.3. The van der Waals surface area contributed by atoms with Gasteiger partial charge in [-0.25, -0.2) is 27.8 Å². The van der Waals surface area contributed by atoms with Crippen molar-refractivity contribution in [3.8, 4) is 11.5 Å². The number of anilines is 2. The number of carbonyl (C=O) groups is 2. The summed E-state index contributed by atoms with van der Waals surface area (Å²) in [6.07, 6.45) is -0.160. The van der Waals surface area contributed by atoms with Crippen LogP contribution in [0, 0.1) is 0 Å². The van der Waals surface area contributed by atoms with Gasteiger partial charge in [-0.2, -0.15) is 9.97 Å². The van der Waals surface area contributed by atoms with Crippen molar-refractivity contribution in [2.75, 3.05) is 70.0 Å². The summed E-state index contributed by atoms with van der Waals surface area (Å²) in [6, 6.07) is 27.5. The van der Waals surface area contributed by atoms with E-state index >= 15 is 0 Å². The Hall–Kier alpha value is -6.30. The van der Waals surface area contributed by atoms with E-state index in [-0.39, 0.29) is 61.9 Å². The van der Waals surface area contributed by atoms with Crippen LogP contribution in [0.4, 0.5) is 12.0 Å². The molecule has 2 aliphatic rings. The smallest absolute Gasteiger partial charge is 0.298 e. The zero-order valence-electron chi connectivity index (χ0n) is 35.2. The Bertz CT molecular complexity index is 2720. The fourth-order valence-corrected chi connectivity index (χ4v) is 11.3. The van der Waals surface area contributed by atoms with E-state index in [0.717, 1.165) is 11.0 Å². The number of hydroxylamine groups is 2. The molecule has 2 amide bonds. The van der Waals surface area contributed by atoms with Crippen LogP contribution in [0.15, 0.2) is 116 Å². The topological polar surface area (TPSA) is 271 Å². The number of hydrogen-bond acceptors (Lipinski definition) is 18. The number of nitrogens with one attached hydrogen (secondary N) is 3. The summed E-state index contributed by atoms with van der Waals surface area (Å²) in [5.41, 5.74) is 5.92. The number of fused-ring (bicyclic) bond motifs is 2. The second kappa shape index (κ2) is 20.3. The maximum atomic E-state index is 13.3. The molecule has 0 atom stereocenters. The van der Waals surface area contributed by atoms with E-state index in [4.69, 9.17) is 38.2 Å². The largest absolute Gasteiger partial charge is 0.492 e. The molecule has 6 aromatic rings. The molecule has 0 unspecified atom stereocenters. The van der Waals surface area contributed by atoms with Gasteiger partial charge in [0.05, 0.1) is 22.9 Å². The van der Waals surface area contributed by atoms with Crippen molar-refractivity contribution in [3.63, 3.8) is 0 Å². The zero-order valence-corrected chi connectivity index (χ0v) is 36.8. The van der Waals surface area contributed by atoms with Crippen molar-refractivity contribution in [1.82, 2.24) is 20.9 Å². The van der Waals surface area contributed by atoms with Gasteiger partial charge >= 0.3 is 0 Å². The van der Waals surface area contributed by atoms with Gasteiger partial charge in [0, 0.05) is 33.5 Å². The van der Waals surface area contributed by atoms with Crippen molar-refractivity contribution < 1.29 is 64.6 Å². The van der Waals surface area contributed by atoms with Crippen molar-refractivity contribution in [1.29, 1.82) is 0 Å². The number of hydrogen-bond donors (Lipinski definition) is 5. The number of benzene rings is 4. The van der Waals surface area contributed by atoms with Crippen LogP contribution >= 0.6 is 0 Å². The highest BCUT2D eigenvalue weighted by molar-refractivity contribution is 7.94. The molecule has 2 fully saturated rings. The third-order valence-corrected chi connectivity index (χ3v) is 16.2. The van der Waals surface area contributed by atoms with Gasteiger partial charge in [-0.1, -0.05) is 24.3 Å². The van der Waals surface area contributed by atoms with Gasteiger partial charge in [0.15, 0.2) is 40.3 Å². The lowest BCUT2D eigenvalue weighted by molar-refractivity contribution is -0.135. The molecular weight excluding hydrogens is 889 g/mol. The summed E-state index contributed by atoms with van der Waals surface area (Å²) in [4.78, 5) is 35.1. The summed E-state index contributed by atoms with van der Waals surface area (Å²) < 4.78 is 82.5. The number of oxazole rings is 2. The van der Waals surface area contributed by atoms with Gasteiger partial charge in [0.2, 0.25) is 0 Å². The van der Waals surface area contributed by atoms with Crippen LogP contribution in [0.2, 0.25) is 0 Å². The molecule has 8 rings (SSSR count). The highest BCUT2D eigenvalue weighted by Crippen LogP contribution is 2.37. The lowest BCUT2D eigenvalue weighted by Crippen LogP contribution is -2.54. The molecule has 2 aromatic heterocycles. The molecular formula is C43H48N6O14S2. The van der Waals surface area contributed by atoms with Crippen molar-refractivity contribution >= 4 is 65.7 Å². The summed E-state index contributed by atoms with van der Waals surface area (Å²) in [7, 11) is -6.30. The average molecular weight is 937 g/mol. The Kier molecular flexibility index (Phi) is 14.5. The van der Waals surface area contributed by atoms with E-state index < -0.39 is 41.0 Å². The molecule has 22 heteroatoms. The first-order valence-corrected chi connectivity index (χ1v) is 23.5. The second-order valence-corrected chi connectivity index (χ2v) is 19.6. The third kappa shape index (κ3) is 9.87. The number of amides is 2. The van der Waals surface area contributed by atoms with Crippen LogP contribution in [0.1, 0.15) is 25.7 Å². The van der Waals surface area contributed by atoms with Gasteiger partial charge < -0.3 is 38.0 Å². The normalized spacial score (nSPS) is 15.9. The Balaban J connectivity index is 0.000000194. The first kappa shape index (κ1) is 46.7. The van der Waals surface area contributed by atoms with E-state index in [1.54, 1.807) is 0 Å². The molecule has 0 radical (unpaired) electrons. The first-order chi connectivity index (χ1) is 31.3. The molecule has 65 heavy (non-hydrogen) atoms. The Morgan fingerprint density at radius 1 is 0.646 bits per heavy atom. The number of para-hydroxylation sites is 4. The van der Waals surface area contributed by atoms with Crippen LogP contribution in [-0.4, -0.2) is 118 Å². The highest BCUT2D eigenvalue weighted by Gasteiger charge is 2.53. The van der Waals surface area contributed by atoms with Gasteiger partial charge in [0.1, 0.15) is 35.7 Å². The summed E-state index contributed by atoms with van der Waals surface area (Å²) >= 11 is 0. The van der Waals surface area contributed by atoms with Crippen LogP contribution in [-0.2, 0) is 38.7 Å².